The summed E-state index contributed by atoms with van der Waals surface area (Å²) in [5.74, 6) is 0.167. The second-order valence-corrected chi connectivity index (χ2v) is 4.85. The largest absolute Gasteiger partial charge is 0.423 e. The highest BCUT2D eigenvalue weighted by molar-refractivity contribution is 5.93. The van der Waals surface area contributed by atoms with Crippen LogP contribution < -0.4 is 10.6 Å². The van der Waals surface area contributed by atoms with Crippen molar-refractivity contribution in [2.24, 2.45) is 5.92 Å². The Morgan fingerprint density at radius 2 is 2.29 bits per heavy atom. The van der Waals surface area contributed by atoms with Crippen molar-refractivity contribution in [3.63, 3.8) is 0 Å². The second kappa shape index (κ2) is 6.02. The maximum Gasteiger partial charge on any atom is 0.247 e. The molecule has 0 spiro atoms. The van der Waals surface area contributed by atoms with E-state index in [4.69, 9.17) is 9.15 Å². The normalized spacial score (nSPS) is 21.4. The van der Waals surface area contributed by atoms with Crippen molar-refractivity contribution >= 4 is 11.6 Å². The maximum absolute atomic E-state index is 12.3. The summed E-state index contributed by atoms with van der Waals surface area (Å²) in [6.45, 7) is 0.983. The molecule has 7 heteroatoms. The van der Waals surface area contributed by atoms with Crippen LogP contribution in [0.4, 0.5) is 5.69 Å². The van der Waals surface area contributed by atoms with Gasteiger partial charge in [0.2, 0.25) is 18.2 Å². The Hall–Kier alpha value is -2.25. The van der Waals surface area contributed by atoms with Gasteiger partial charge < -0.3 is 19.8 Å². The Morgan fingerprint density at radius 3 is 3.05 bits per heavy atom. The van der Waals surface area contributed by atoms with Crippen LogP contribution in [0.5, 0.6) is 0 Å². The quantitative estimate of drug-likeness (QED) is 0.869. The Kier molecular flexibility index (Phi) is 3.94. The van der Waals surface area contributed by atoms with E-state index in [1.807, 2.05) is 25.2 Å². The first kappa shape index (κ1) is 13.7. The van der Waals surface area contributed by atoms with Gasteiger partial charge in [-0.1, -0.05) is 6.07 Å². The molecular weight excluding hydrogens is 272 g/mol. The standard InChI is InChI=1S/C14H16N4O3/c1-15-12-7-20-6-11(12)13(19)17-10-4-2-3-9(5-10)14-18-16-8-21-14/h2-5,8,11-12,15H,6-7H2,1H3,(H,17,19). The molecule has 2 unspecified atom stereocenters. The number of nitrogens with one attached hydrogen (secondary N) is 2. The van der Waals surface area contributed by atoms with E-state index in [9.17, 15) is 4.79 Å². The van der Waals surface area contributed by atoms with Crippen LogP contribution in [0.1, 0.15) is 0 Å². The molecule has 1 aromatic heterocycles. The van der Waals surface area contributed by atoms with Gasteiger partial charge in [-0.05, 0) is 25.2 Å². The average Bonchev–Trinajstić information content (AvgIpc) is 3.18. The van der Waals surface area contributed by atoms with E-state index in [-0.39, 0.29) is 17.9 Å². The van der Waals surface area contributed by atoms with Crippen LogP contribution in [0.2, 0.25) is 0 Å². The predicted octanol–water partition coefficient (Wildman–Crippen LogP) is 0.909. The summed E-state index contributed by atoms with van der Waals surface area (Å²) >= 11 is 0. The number of hydrogen-bond acceptors (Lipinski definition) is 6. The third-order valence-corrected chi connectivity index (χ3v) is 3.53. The molecule has 0 aliphatic carbocycles. The summed E-state index contributed by atoms with van der Waals surface area (Å²) in [4.78, 5) is 12.3. The number of rotatable bonds is 4. The number of carbonyl (C=O) groups excluding carboxylic acids is 1. The zero-order valence-electron chi connectivity index (χ0n) is 11.6. The van der Waals surface area contributed by atoms with Crippen molar-refractivity contribution in [1.82, 2.24) is 15.5 Å². The Labute approximate surface area is 121 Å². The molecule has 0 bridgehead atoms. The molecule has 21 heavy (non-hydrogen) atoms. The zero-order valence-corrected chi connectivity index (χ0v) is 11.6. The van der Waals surface area contributed by atoms with Crippen molar-refractivity contribution in [2.45, 2.75) is 6.04 Å². The van der Waals surface area contributed by atoms with Gasteiger partial charge in [-0.3, -0.25) is 4.79 Å². The van der Waals surface area contributed by atoms with Crippen LogP contribution >= 0.6 is 0 Å². The highest BCUT2D eigenvalue weighted by Gasteiger charge is 2.32. The zero-order chi connectivity index (χ0) is 14.7. The van der Waals surface area contributed by atoms with Crippen molar-refractivity contribution in [3.8, 4) is 11.5 Å². The lowest BCUT2D eigenvalue weighted by Crippen LogP contribution is -2.39. The number of likely N-dealkylation sites (N-methyl/N-ethyl adjacent to an activating group) is 1. The highest BCUT2D eigenvalue weighted by atomic mass is 16.5. The molecule has 3 rings (SSSR count). The highest BCUT2D eigenvalue weighted by Crippen LogP contribution is 2.22. The average molecular weight is 288 g/mol. The van der Waals surface area contributed by atoms with Crippen LogP contribution in [-0.4, -0.2) is 42.4 Å². The van der Waals surface area contributed by atoms with Gasteiger partial charge >= 0.3 is 0 Å². The monoisotopic (exact) mass is 288 g/mol. The van der Waals surface area contributed by atoms with E-state index in [0.29, 0.717) is 24.8 Å². The number of hydrogen-bond donors (Lipinski definition) is 2. The fourth-order valence-electron chi connectivity index (χ4n) is 2.36. The first-order valence-electron chi connectivity index (χ1n) is 6.70. The SMILES string of the molecule is CNC1COCC1C(=O)Nc1cccc(-c2nnco2)c1. The molecule has 1 saturated heterocycles. The number of nitrogens with zero attached hydrogens (tertiary/aromatic N) is 2. The Balaban J connectivity index is 1.73. The lowest BCUT2D eigenvalue weighted by Gasteiger charge is -2.16. The summed E-state index contributed by atoms with van der Waals surface area (Å²) < 4.78 is 10.5. The summed E-state index contributed by atoms with van der Waals surface area (Å²) in [7, 11) is 1.83. The van der Waals surface area contributed by atoms with Crippen molar-refractivity contribution in [3.05, 3.63) is 30.7 Å². The molecule has 2 atom stereocenters. The number of aromatic nitrogens is 2. The third kappa shape index (κ3) is 2.93. The van der Waals surface area contributed by atoms with Gasteiger partial charge in [-0.2, -0.15) is 0 Å². The minimum Gasteiger partial charge on any atom is -0.423 e. The van der Waals surface area contributed by atoms with Crippen LogP contribution in [0, 0.1) is 5.92 Å². The maximum atomic E-state index is 12.3. The fourth-order valence-corrected chi connectivity index (χ4v) is 2.36. The minimum atomic E-state index is -0.193. The van der Waals surface area contributed by atoms with Gasteiger partial charge in [0.15, 0.2) is 0 Å². The number of ether oxygens (including phenoxy) is 1. The van der Waals surface area contributed by atoms with E-state index < -0.39 is 0 Å². The minimum absolute atomic E-state index is 0.0455. The Bertz CT molecular complexity index is 614. The first-order chi connectivity index (χ1) is 10.3. The topological polar surface area (TPSA) is 89.3 Å². The van der Waals surface area contributed by atoms with E-state index in [1.54, 1.807) is 6.07 Å². The molecule has 1 amide bonds. The second-order valence-electron chi connectivity index (χ2n) is 4.85. The van der Waals surface area contributed by atoms with E-state index in [0.717, 1.165) is 5.56 Å². The molecule has 1 aliphatic rings. The van der Waals surface area contributed by atoms with E-state index >= 15 is 0 Å². The molecule has 0 saturated carbocycles. The number of anilines is 1. The van der Waals surface area contributed by atoms with Crippen molar-refractivity contribution < 1.29 is 13.9 Å². The Morgan fingerprint density at radius 1 is 1.38 bits per heavy atom. The third-order valence-electron chi connectivity index (χ3n) is 3.53. The summed E-state index contributed by atoms with van der Waals surface area (Å²) in [5, 5.41) is 13.5. The number of amides is 1. The molecule has 110 valence electrons. The van der Waals surface area contributed by atoms with Gasteiger partial charge in [-0.25, -0.2) is 0 Å². The predicted molar refractivity (Wildman–Crippen MR) is 75.5 cm³/mol. The number of benzene rings is 1. The van der Waals surface area contributed by atoms with Crippen LogP contribution in [-0.2, 0) is 9.53 Å². The van der Waals surface area contributed by atoms with Crippen LogP contribution in [0.15, 0.2) is 35.1 Å². The van der Waals surface area contributed by atoms with Gasteiger partial charge in [0, 0.05) is 17.3 Å². The first-order valence-corrected chi connectivity index (χ1v) is 6.70. The van der Waals surface area contributed by atoms with Crippen LogP contribution in [0.3, 0.4) is 0 Å². The van der Waals surface area contributed by atoms with Crippen LogP contribution in [0.25, 0.3) is 11.5 Å². The van der Waals surface area contributed by atoms with Gasteiger partial charge in [0.05, 0.1) is 19.1 Å². The molecule has 1 aromatic carbocycles. The lowest BCUT2D eigenvalue weighted by molar-refractivity contribution is -0.120. The molecule has 0 radical (unpaired) electrons. The molecule has 1 aliphatic heterocycles. The molecule has 2 aromatic rings. The summed E-state index contributed by atoms with van der Waals surface area (Å²) in [5.41, 5.74) is 1.45. The summed E-state index contributed by atoms with van der Waals surface area (Å²) in [6.07, 6.45) is 1.27. The molecule has 7 nitrogen and oxygen atoms in total. The van der Waals surface area contributed by atoms with Gasteiger partial charge in [0.25, 0.3) is 0 Å². The molecule has 1 fully saturated rings. The van der Waals surface area contributed by atoms with E-state index in [1.165, 1.54) is 6.39 Å². The van der Waals surface area contributed by atoms with Gasteiger partial charge in [-0.15, -0.1) is 10.2 Å². The molecule has 2 heterocycles. The van der Waals surface area contributed by atoms with Crippen molar-refractivity contribution in [2.75, 3.05) is 25.6 Å². The van der Waals surface area contributed by atoms with E-state index in [2.05, 4.69) is 20.8 Å². The molecule has 2 N–H and O–H groups in total. The summed E-state index contributed by atoms with van der Waals surface area (Å²) in [6, 6.07) is 7.34. The van der Waals surface area contributed by atoms with Gasteiger partial charge in [0.1, 0.15) is 0 Å². The smallest absolute Gasteiger partial charge is 0.247 e. The number of carbonyl (C=O) groups is 1. The van der Waals surface area contributed by atoms with Crippen molar-refractivity contribution in [1.29, 1.82) is 0 Å². The lowest BCUT2D eigenvalue weighted by atomic mass is 10.0. The fraction of sp³-hybridized carbons (Fsp3) is 0.357. The molecular formula is C14H16N4O3.